The van der Waals surface area contributed by atoms with Gasteiger partial charge in [0.1, 0.15) is 16.1 Å². The first-order valence-corrected chi connectivity index (χ1v) is 10.6. The number of nitrogens with one attached hydrogen (secondary N) is 1. The number of hydrogen-bond donors (Lipinski definition) is 1. The van der Waals surface area contributed by atoms with Gasteiger partial charge < -0.3 is 5.32 Å². The standard InChI is InChI=1S/C21H14N4O2S2/c26-17(23-13-5-2-1-3-6-13)11-25-12-22-18-14-8-9-15(16-7-4-10-28-16)24-20(14)29-19(18)21(25)27/h1-10,12H,11H2,(H,23,26). The van der Waals surface area contributed by atoms with Crippen LogP contribution in [0.25, 0.3) is 31.0 Å². The number of hydrogen-bond acceptors (Lipinski definition) is 6. The fourth-order valence-electron chi connectivity index (χ4n) is 3.10. The van der Waals surface area contributed by atoms with Crippen molar-refractivity contribution in [1.82, 2.24) is 14.5 Å². The molecule has 4 heterocycles. The molecule has 0 radical (unpaired) electrons. The lowest BCUT2D eigenvalue weighted by Crippen LogP contribution is -2.27. The van der Waals surface area contributed by atoms with E-state index in [9.17, 15) is 9.59 Å². The molecule has 142 valence electrons. The van der Waals surface area contributed by atoms with Gasteiger partial charge in [0.25, 0.3) is 5.56 Å². The second-order valence-electron chi connectivity index (χ2n) is 6.40. The molecule has 0 spiro atoms. The molecular formula is C21H14N4O2S2. The quantitative estimate of drug-likeness (QED) is 0.470. The molecule has 0 atom stereocenters. The first-order valence-electron chi connectivity index (χ1n) is 8.86. The Kier molecular flexibility index (Phi) is 4.42. The summed E-state index contributed by atoms with van der Waals surface area (Å²) in [5, 5.41) is 5.64. The molecule has 0 aliphatic heterocycles. The van der Waals surface area contributed by atoms with E-state index in [-0.39, 0.29) is 18.0 Å². The van der Waals surface area contributed by atoms with Gasteiger partial charge in [-0.15, -0.1) is 22.7 Å². The number of aromatic nitrogens is 3. The average Bonchev–Trinajstić information content (AvgIpc) is 3.39. The van der Waals surface area contributed by atoms with Crippen molar-refractivity contribution in [3.05, 3.63) is 76.7 Å². The monoisotopic (exact) mass is 418 g/mol. The summed E-state index contributed by atoms with van der Waals surface area (Å²) in [4.78, 5) is 36.2. The third-order valence-electron chi connectivity index (χ3n) is 4.46. The van der Waals surface area contributed by atoms with Gasteiger partial charge in [0.05, 0.1) is 22.4 Å². The minimum absolute atomic E-state index is 0.0984. The van der Waals surface area contributed by atoms with Crippen LogP contribution in [0.4, 0.5) is 5.69 Å². The predicted molar refractivity (Wildman–Crippen MR) is 118 cm³/mol. The maximum atomic E-state index is 12.9. The number of thiophene rings is 2. The Labute approximate surface area is 173 Å². The molecule has 0 saturated heterocycles. The van der Waals surface area contributed by atoms with E-state index < -0.39 is 0 Å². The van der Waals surface area contributed by atoms with Crippen molar-refractivity contribution in [2.75, 3.05) is 5.32 Å². The van der Waals surface area contributed by atoms with Gasteiger partial charge in [-0.1, -0.05) is 24.3 Å². The molecule has 1 N–H and O–H groups in total. The molecule has 1 aromatic carbocycles. The molecule has 5 aromatic rings. The van der Waals surface area contributed by atoms with Crippen LogP contribution in [0.3, 0.4) is 0 Å². The van der Waals surface area contributed by atoms with Gasteiger partial charge >= 0.3 is 0 Å². The largest absolute Gasteiger partial charge is 0.325 e. The summed E-state index contributed by atoms with van der Waals surface area (Å²) in [5.74, 6) is -0.279. The van der Waals surface area contributed by atoms with Gasteiger partial charge in [0.15, 0.2) is 0 Å². The highest BCUT2D eigenvalue weighted by atomic mass is 32.1. The van der Waals surface area contributed by atoms with Crippen LogP contribution in [0.1, 0.15) is 0 Å². The second kappa shape index (κ2) is 7.23. The zero-order chi connectivity index (χ0) is 19.8. The van der Waals surface area contributed by atoms with Gasteiger partial charge in [-0.25, -0.2) is 9.97 Å². The Morgan fingerprint density at radius 1 is 1.07 bits per heavy atom. The third-order valence-corrected chi connectivity index (χ3v) is 6.42. The van der Waals surface area contributed by atoms with Crippen LogP contribution in [-0.2, 0) is 11.3 Å². The molecule has 29 heavy (non-hydrogen) atoms. The number of carbonyl (C=O) groups is 1. The van der Waals surface area contributed by atoms with Crippen molar-refractivity contribution in [2.24, 2.45) is 0 Å². The summed E-state index contributed by atoms with van der Waals surface area (Å²) in [6.07, 6.45) is 1.43. The molecular weight excluding hydrogens is 404 g/mol. The van der Waals surface area contributed by atoms with Crippen LogP contribution >= 0.6 is 22.7 Å². The first kappa shape index (κ1) is 17.7. The molecule has 0 aliphatic carbocycles. The molecule has 1 amide bonds. The highest BCUT2D eigenvalue weighted by molar-refractivity contribution is 7.25. The van der Waals surface area contributed by atoms with E-state index in [0.29, 0.717) is 15.9 Å². The van der Waals surface area contributed by atoms with Crippen molar-refractivity contribution in [3.8, 4) is 10.6 Å². The van der Waals surface area contributed by atoms with Crippen LogP contribution in [0.2, 0.25) is 0 Å². The molecule has 0 saturated carbocycles. The Balaban J connectivity index is 1.50. The molecule has 8 heteroatoms. The summed E-state index contributed by atoms with van der Waals surface area (Å²) in [7, 11) is 0. The summed E-state index contributed by atoms with van der Waals surface area (Å²) in [6.45, 7) is -0.0984. The summed E-state index contributed by atoms with van der Waals surface area (Å²) < 4.78 is 1.83. The van der Waals surface area contributed by atoms with Crippen LogP contribution in [-0.4, -0.2) is 20.4 Å². The van der Waals surface area contributed by atoms with Crippen molar-refractivity contribution < 1.29 is 4.79 Å². The third kappa shape index (κ3) is 3.32. The fraction of sp³-hybridized carbons (Fsp3) is 0.0476. The molecule has 5 rings (SSSR count). The van der Waals surface area contributed by atoms with Gasteiger partial charge in [-0.3, -0.25) is 14.2 Å². The van der Waals surface area contributed by atoms with E-state index in [1.165, 1.54) is 22.2 Å². The maximum Gasteiger partial charge on any atom is 0.271 e. The maximum absolute atomic E-state index is 12.9. The summed E-state index contributed by atoms with van der Waals surface area (Å²) in [5.41, 5.74) is 1.95. The molecule has 4 aromatic heterocycles. The predicted octanol–water partition coefficient (Wildman–Crippen LogP) is 4.37. The average molecular weight is 419 g/mol. The van der Waals surface area contributed by atoms with E-state index in [1.54, 1.807) is 23.5 Å². The van der Waals surface area contributed by atoms with Crippen molar-refractivity contribution in [3.63, 3.8) is 0 Å². The lowest BCUT2D eigenvalue weighted by atomic mass is 10.2. The molecule has 0 bridgehead atoms. The van der Waals surface area contributed by atoms with E-state index in [2.05, 4.69) is 10.3 Å². The summed E-state index contributed by atoms with van der Waals surface area (Å²) in [6, 6.07) is 17.0. The van der Waals surface area contributed by atoms with E-state index >= 15 is 0 Å². The zero-order valence-corrected chi connectivity index (χ0v) is 16.7. The Bertz CT molecular complexity index is 1390. The number of nitrogens with zero attached hydrogens (tertiary/aromatic N) is 3. The summed E-state index contributed by atoms with van der Waals surface area (Å²) >= 11 is 2.93. The number of carbonyl (C=O) groups excluding carboxylic acids is 1. The molecule has 0 fully saturated rings. The number of benzene rings is 1. The number of anilines is 1. The normalized spacial score (nSPS) is 11.2. The van der Waals surface area contributed by atoms with Crippen molar-refractivity contribution in [1.29, 1.82) is 0 Å². The van der Waals surface area contributed by atoms with E-state index in [0.717, 1.165) is 20.8 Å². The topological polar surface area (TPSA) is 76.9 Å². The van der Waals surface area contributed by atoms with Gasteiger partial charge in [0.2, 0.25) is 5.91 Å². The van der Waals surface area contributed by atoms with Crippen molar-refractivity contribution in [2.45, 2.75) is 6.54 Å². The molecule has 0 aliphatic rings. The smallest absolute Gasteiger partial charge is 0.271 e. The number of pyridine rings is 1. The van der Waals surface area contributed by atoms with E-state index in [1.807, 2.05) is 47.8 Å². The van der Waals surface area contributed by atoms with E-state index in [4.69, 9.17) is 4.98 Å². The van der Waals surface area contributed by atoms with Crippen LogP contribution in [0, 0.1) is 0 Å². The highest BCUT2D eigenvalue weighted by Gasteiger charge is 2.15. The minimum atomic E-state index is -0.279. The lowest BCUT2D eigenvalue weighted by molar-refractivity contribution is -0.116. The van der Waals surface area contributed by atoms with Crippen molar-refractivity contribution >= 4 is 54.7 Å². The second-order valence-corrected chi connectivity index (χ2v) is 8.34. The van der Waals surface area contributed by atoms with Gasteiger partial charge in [0, 0.05) is 11.1 Å². The minimum Gasteiger partial charge on any atom is -0.325 e. The number of fused-ring (bicyclic) bond motifs is 3. The van der Waals surface area contributed by atoms with Crippen LogP contribution in [0.5, 0.6) is 0 Å². The number of amides is 1. The first-order chi connectivity index (χ1) is 14.2. The fourth-order valence-corrected chi connectivity index (χ4v) is 4.87. The lowest BCUT2D eigenvalue weighted by Gasteiger charge is -2.06. The molecule has 0 unspecified atom stereocenters. The Morgan fingerprint density at radius 3 is 2.72 bits per heavy atom. The van der Waals surface area contributed by atoms with Gasteiger partial charge in [-0.2, -0.15) is 0 Å². The SMILES string of the molecule is O=C(Cn1cnc2c(sc3nc(-c4cccs4)ccc32)c1=O)Nc1ccccc1. The van der Waals surface area contributed by atoms with Crippen LogP contribution < -0.4 is 10.9 Å². The highest BCUT2D eigenvalue weighted by Crippen LogP contribution is 2.32. The Morgan fingerprint density at radius 2 is 1.93 bits per heavy atom. The molecule has 6 nitrogen and oxygen atoms in total. The van der Waals surface area contributed by atoms with Gasteiger partial charge in [-0.05, 0) is 35.7 Å². The Hall–Kier alpha value is -3.36. The zero-order valence-electron chi connectivity index (χ0n) is 15.0. The number of rotatable bonds is 4. The van der Waals surface area contributed by atoms with Crippen LogP contribution in [0.15, 0.2) is 71.1 Å². The number of para-hydroxylation sites is 1.